The monoisotopic (exact) mass is 271 g/mol. The average molecular weight is 271 g/mol. The summed E-state index contributed by atoms with van der Waals surface area (Å²) in [5.41, 5.74) is 1.33. The van der Waals surface area contributed by atoms with Crippen LogP contribution in [0.1, 0.15) is 11.5 Å². The predicted molar refractivity (Wildman–Crippen MR) is 57.0 cm³/mol. The Hall–Kier alpha value is -2.25. The van der Waals surface area contributed by atoms with Crippen LogP contribution >= 0.6 is 0 Å². The molecule has 5 nitrogen and oxygen atoms in total. The van der Waals surface area contributed by atoms with Crippen LogP contribution in [0.25, 0.3) is 11.4 Å². The molecule has 0 fully saturated rings. The molecule has 8 heteroatoms. The van der Waals surface area contributed by atoms with Crippen LogP contribution in [0, 0.1) is 6.92 Å². The zero-order valence-corrected chi connectivity index (χ0v) is 9.73. The highest BCUT2D eigenvalue weighted by molar-refractivity contribution is 5.85. The van der Waals surface area contributed by atoms with Gasteiger partial charge < -0.3 is 4.52 Å². The number of carbonyl (C=O) groups is 1. The van der Waals surface area contributed by atoms with Gasteiger partial charge in [0.2, 0.25) is 17.5 Å². The Labute approximate surface area is 105 Å². The Morgan fingerprint density at radius 1 is 1.42 bits per heavy atom. The molecule has 0 aliphatic heterocycles. The van der Waals surface area contributed by atoms with E-state index in [1.54, 1.807) is 19.2 Å². The van der Waals surface area contributed by atoms with Gasteiger partial charge in [0.1, 0.15) is 0 Å². The molecule has 0 aliphatic rings. The Bertz CT molecular complexity index is 607. The average Bonchev–Trinajstić information content (AvgIpc) is 2.76. The summed E-state index contributed by atoms with van der Waals surface area (Å²) in [6.07, 6.45) is -2.80. The minimum Gasteiger partial charge on any atom is -0.338 e. The fourth-order valence-corrected chi connectivity index (χ4v) is 1.40. The molecule has 2 aromatic rings. The van der Waals surface area contributed by atoms with Crippen molar-refractivity contribution in [1.82, 2.24) is 15.1 Å². The van der Waals surface area contributed by atoms with Gasteiger partial charge in [0, 0.05) is 18.0 Å². The van der Waals surface area contributed by atoms with Gasteiger partial charge in [-0.3, -0.25) is 9.78 Å². The minimum atomic E-state index is -4.90. The quantitative estimate of drug-likeness (QED) is 0.855. The molecule has 2 rings (SSSR count). The van der Waals surface area contributed by atoms with Crippen molar-refractivity contribution in [3.8, 4) is 11.4 Å². The van der Waals surface area contributed by atoms with Crippen LogP contribution in [0.15, 0.2) is 23.0 Å². The van der Waals surface area contributed by atoms with Gasteiger partial charge in [-0.2, -0.15) is 18.2 Å². The van der Waals surface area contributed by atoms with Gasteiger partial charge in [0.15, 0.2) is 0 Å². The molecule has 19 heavy (non-hydrogen) atoms. The van der Waals surface area contributed by atoms with Crippen molar-refractivity contribution in [2.24, 2.45) is 0 Å². The van der Waals surface area contributed by atoms with Crippen molar-refractivity contribution in [2.75, 3.05) is 0 Å². The predicted octanol–water partition coefficient (Wildman–Crippen LogP) is 2.11. The highest BCUT2D eigenvalue weighted by Gasteiger charge is 2.39. The number of hydrogen-bond donors (Lipinski definition) is 0. The second-order valence-electron chi connectivity index (χ2n) is 3.80. The van der Waals surface area contributed by atoms with Crippen molar-refractivity contribution in [3.63, 3.8) is 0 Å². The molecule has 0 unspecified atom stereocenters. The van der Waals surface area contributed by atoms with E-state index in [2.05, 4.69) is 19.6 Å². The van der Waals surface area contributed by atoms with Crippen molar-refractivity contribution < 1.29 is 22.5 Å². The molecule has 0 radical (unpaired) electrons. The summed E-state index contributed by atoms with van der Waals surface area (Å²) in [4.78, 5) is 18.4. The largest absolute Gasteiger partial charge is 0.450 e. The van der Waals surface area contributed by atoms with E-state index in [9.17, 15) is 18.0 Å². The number of aryl methyl sites for hydroxylation is 1. The molecule has 0 saturated carbocycles. The molecule has 2 aromatic heterocycles. The van der Waals surface area contributed by atoms with E-state index in [1.807, 2.05) is 0 Å². The molecule has 0 aromatic carbocycles. The molecule has 0 aliphatic carbocycles. The van der Waals surface area contributed by atoms with E-state index in [-0.39, 0.29) is 11.7 Å². The van der Waals surface area contributed by atoms with E-state index < -0.39 is 18.4 Å². The molecule has 0 amide bonds. The van der Waals surface area contributed by atoms with E-state index >= 15 is 0 Å². The molecule has 100 valence electrons. The Morgan fingerprint density at radius 2 is 2.16 bits per heavy atom. The number of carbonyl (C=O) groups excluding carboxylic acids is 1. The summed E-state index contributed by atoms with van der Waals surface area (Å²) in [6, 6.07) is 1.61. The summed E-state index contributed by atoms with van der Waals surface area (Å²) >= 11 is 0. The van der Waals surface area contributed by atoms with Crippen LogP contribution in [0.4, 0.5) is 13.2 Å². The lowest BCUT2D eigenvalue weighted by molar-refractivity contribution is -0.170. The number of aromatic nitrogens is 3. The maximum Gasteiger partial charge on any atom is 0.450 e. The van der Waals surface area contributed by atoms with Gasteiger partial charge in [-0.1, -0.05) is 5.16 Å². The number of rotatable bonds is 3. The number of alkyl halides is 3. The number of hydrogen-bond acceptors (Lipinski definition) is 5. The third kappa shape index (κ3) is 2.95. The highest BCUT2D eigenvalue weighted by Crippen LogP contribution is 2.21. The molecular weight excluding hydrogens is 263 g/mol. The van der Waals surface area contributed by atoms with Gasteiger partial charge in [-0.25, -0.2) is 0 Å². The number of pyridine rings is 1. The van der Waals surface area contributed by atoms with Crippen LogP contribution in [0.3, 0.4) is 0 Å². The maximum atomic E-state index is 12.1. The van der Waals surface area contributed by atoms with Crippen LogP contribution in [-0.2, 0) is 11.2 Å². The maximum absolute atomic E-state index is 12.1. The molecule has 0 atom stereocenters. The zero-order chi connectivity index (χ0) is 14.0. The second-order valence-corrected chi connectivity index (χ2v) is 3.80. The minimum absolute atomic E-state index is 0.130. The lowest BCUT2D eigenvalue weighted by atomic mass is 10.1. The molecule has 0 bridgehead atoms. The topological polar surface area (TPSA) is 68.9 Å². The van der Waals surface area contributed by atoms with Crippen molar-refractivity contribution in [2.45, 2.75) is 19.5 Å². The summed E-state index contributed by atoms with van der Waals surface area (Å²) < 4.78 is 40.9. The smallest absolute Gasteiger partial charge is 0.338 e. The van der Waals surface area contributed by atoms with Crippen molar-refractivity contribution >= 4 is 5.78 Å². The third-order valence-corrected chi connectivity index (χ3v) is 2.36. The molecule has 0 saturated heterocycles. The van der Waals surface area contributed by atoms with E-state index in [0.29, 0.717) is 5.56 Å². The highest BCUT2D eigenvalue weighted by atomic mass is 19.4. The molecule has 0 N–H and O–H groups in total. The summed E-state index contributed by atoms with van der Waals surface area (Å²) in [6.45, 7) is 1.75. The standard InChI is InChI=1S/C11H8F3N3O2/c1-6-5-15-3-2-7(6)10-16-9(19-17-10)4-8(18)11(12,13)14/h2-3,5H,4H2,1H3. The zero-order valence-electron chi connectivity index (χ0n) is 9.73. The van der Waals surface area contributed by atoms with Crippen LogP contribution in [-0.4, -0.2) is 27.1 Å². The fraction of sp³-hybridized carbons (Fsp3) is 0.273. The van der Waals surface area contributed by atoms with Gasteiger partial charge in [-0.05, 0) is 18.6 Å². The lowest BCUT2D eigenvalue weighted by Gasteiger charge is -2.01. The number of halogens is 3. The van der Waals surface area contributed by atoms with E-state index in [1.165, 1.54) is 6.20 Å². The normalized spacial score (nSPS) is 11.6. The summed E-state index contributed by atoms with van der Waals surface area (Å²) in [7, 11) is 0. The first kappa shape index (κ1) is 13.2. The first-order valence-corrected chi connectivity index (χ1v) is 5.21. The van der Waals surface area contributed by atoms with Crippen LogP contribution < -0.4 is 0 Å². The van der Waals surface area contributed by atoms with Gasteiger partial charge in [-0.15, -0.1) is 0 Å². The third-order valence-electron chi connectivity index (χ3n) is 2.36. The molecule has 2 heterocycles. The number of Topliss-reactive ketones (excluding diaryl/α,β-unsaturated/α-hetero) is 1. The summed E-state index contributed by atoms with van der Waals surface area (Å²) in [5.74, 6) is -2.16. The van der Waals surface area contributed by atoms with Gasteiger partial charge >= 0.3 is 6.18 Å². The fourth-order valence-electron chi connectivity index (χ4n) is 1.40. The number of nitrogens with zero attached hydrogens (tertiary/aromatic N) is 3. The molecule has 0 spiro atoms. The van der Waals surface area contributed by atoms with Crippen molar-refractivity contribution in [3.05, 3.63) is 29.9 Å². The lowest BCUT2D eigenvalue weighted by Crippen LogP contribution is -2.24. The summed E-state index contributed by atoms with van der Waals surface area (Å²) in [5, 5.41) is 3.55. The first-order chi connectivity index (χ1) is 8.88. The molecular formula is C11H8F3N3O2. The van der Waals surface area contributed by atoms with Crippen molar-refractivity contribution in [1.29, 1.82) is 0 Å². The van der Waals surface area contributed by atoms with Crippen LogP contribution in [0.2, 0.25) is 0 Å². The SMILES string of the molecule is Cc1cnccc1-c1noc(CC(=O)C(F)(F)F)n1. The van der Waals surface area contributed by atoms with E-state index in [0.717, 1.165) is 5.56 Å². The Balaban J connectivity index is 2.21. The van der Waals surface area contributed by atoms with E-state index in [4.69, 9.17) is 0 Å². The Kier molecular flexibility index (Phi) is 3.32. The first-order valence-electron chi connectivity index (χ1n) is 5.21. The van der Waals surface area contributed by atoms with Gasteiger partial charge in [0.05, 0.1) is 6.42 Å². The number of ketones is 1. The Morgan fingerprint density at radius 3 is 2.79 bits per heavy atom. The van der Waals surface area contributed by atoms with Gasteiger partial charge in [0.25, 0.3) is 0 Å². The second kappa shape index (κ2) is 4.79. The van der Waals surface area contributed by atoms with Crippen LogP contribution in [0.5, 0.6) is 0 Å².